The van der Waals surface area contributed by atoms with Crippen LogP contribution in [0.4, 0.5) is 0 Å². The SMILES string of the molecule is CCOc1ccccc1OCC(=O)NC1CCCCC1CN.Cl. The maximum Gasteiger partial charge on any atom is 0.258 e. The lowest BCUT2D eigenvalue weighted by atomic mass is 9.84. The van der Waals surface area contributed by atoms with E-state index in [2.05, 4.69) is 5.32 Å². The Balaban J connectivity index is 0.00000264. The third-order valence-corrected chi connectivity index (χ3v) is 4.07. The molecule has 0 bridgehead atoms. The number of amides is 1. The quantitative estimate of drug-likeness (QED) is 0.798. The Kier molecular flexibility index (Phi) is 8.81. The molecular formula is C17H27ClN2O3. The summed E-state index contributed by atoms with van der Waals surface area (Å²) in [6.07, 6.45) is 4.45. The predicted octanol–water partition coefficient (Wildman–Crippen LogP) is 2.52. The molecule has 0 saturated heterocycles. The fourth-order valence-electron chi connectivity index (χ4n) is 2.92. The van der Waals surface area contributed by atoms with Gasteiger partial charge in [0.15, 0.2) is 18.1 Å². The van der Waals surface area contributed by atoms with Crippen LogP contribution in [0.2, 0.25) is 0 Å². The molecule has 1 aliphatic rings. The van der Waals surface area contributed by atoms with Gasteiger partial charge in [0.2, 0.25) is 0 Å². The van der Waals surface area contributed by atoms with Crippen molar-refractivity contribution >= 4 is 18.3 Å². The van der Waals surface area contributed by atoms with E-state index in [1.165, 1.54) is 6.42 Å². The van der Waals surface area contributed by atoms with Crippen molar-refractivity contribution in [1.29, 1.82) is 0 Å². The number of carbonyl (C=O) groups excluding carboxylic acids is 1. The van der Waals surface area contributed by atoms with E-state index in [1.54, 1.807) is 0 Å². The third-order valence-electron chi connectivity index (χ3n) is 4.07. The predicted molar refractivity (Wildman–Crippen MR) is 93.3 cm³/mol. The van der Waals surface area contributed by atoms with E-state index in [1.807, 2.05) is 31.2 Å². The van der Waals surface area contributed by atoms with Crippen molar-refractivity contribution in [3.8, 4) is 11.5 Å². The van der Waals surface area contributed by atoms with Crippen molar-refractivity contribution in [2.24, 2.45) is 11.7 Å². The Morgan fingerprint density at radius 2 is 1.87 bits per heavy atom. The van der Waals surface area contributed by atoms with Gasteiger partial charge in [-0.05, 0) is 44.4 Å². The summed E-state index contributed by atoms with van der Waals surface area (Å²) in [5.41, 5.74) is 5.79. The van der Waals surface area contributed by atoms with Gasteiger partial charge in [-0.2, -0.15) is 0 Å². The Hall–Kier alpha value is -1.46. The molecule has 1 saturated carbocycles. The van der Waals surface area contributed by atoms with Crippen LogP contribution in [0.3, 0.4) is 0 Å². The van der Waals surface area contributed by atoms with Crippen LogP contribution in [0, 0.1) is 5.92 Å². The molecule has 2 unspecified atom stereocenters. The van der Waals surface area contributed by atoms with E-state index in [0.29, 0.717) is 30.6 Å². The first-order valence-electron chi connectivity index (χ1n) is 8.08. The molecule has 23 heavy (non-hydrogen) atoms. The first kappa shape index (κ1) is 19.6. The summed E-state index contributed by atoms with van der Waals surface area (Å²) in [6, 6.07) is 7.56. The smallest absolute Gasteiger partial charge is 0.258 e. The molecule has 1 aromatic carbocycles. The zero-order valence-corrected chi connectivity index (χ0v) is 14.4. The van der Waals surface area contributed by atoms with Gasteiger partial charge in [-0.15, -0.1) is 12.4 Å². The second-order valence-electron chi connectivity index (χ2n) is 5.62. The lowest BCUT2D eigenvalue weighted by Crippen LogP contribution is -2.46. The molecule has 0 aromatic heterocycles. The Bertz CT molecular complexity index is 485. The summed E-state index contributed by atoms with van der Waals surface area (Å²) >= 11 is 0. The molecule has 1 aliphatic carbocycles. The monoisotopic (exact) mass is 342 g/mol. The number of carbonyl (C=O) groups is 1. The summed E-state index contributed by atoms with van der Waals surface area (Å²) in [7, 11) is 0. The highest BCUT2D eigenvalue weighted by Gasteiger charge is 2.25. The number of para-hydroxylation sites is 2. The van der Waals surface area contributed by atoms with E-state index in [-0.39, 0.29) is 31.0 Å². The molecular weight excluding hydrogens is 316 g/mol. The molecule has 0 radical (unpaired) electrons. The molecule has 5 nitrogen and oxygen atoms in total. The number of rotatable bonds is 7. The highest BCUT2D eigenvalue weighted by molar-refractivity contribution is 5.85. The van der Waals surface area contributed by atoms with Crippen LogP contribution in [0.25, 0.3) is 0 Å². The fraction of sp³-hybridized carbons (Fsp3) is 0.588. The van der Waals surface area contributed by atoms with E-state index < -0.39 is 0 Å². The highest BCUT2D eigenvalue weighted by Crippen LogP contribution is 2.26. The Labute approximate surface area is 144 Å². The maximum atomic E-state index is 12.1. The van der Waals surface area contributed by atoms with Crippen LogP contribution in [-0.4, -0.2) is 31.7 Å². The first-order chi connectivity index (χ1) is 10.7. The molecule has 1 fully saturated rings. The number of halogens is 1. The number of benzene rings is 1. The lowest BCUT2D eigenvalue weighted by molar-refractivity contribution is -0.124. The van der Waals surface area contributed by atoms with Crippen molar-refractivity contribution in [3.63, 3.8) is 0 Å². The minimum atomic E-state index is -0.100. The van der Waals surface area contributed by atoms with Crippen LogP contribution in [0.5, 0.6) is 11.5 Å². The zero-order valence-electron chi connectivity index (χ0n) is 13.6. The number of nitrogens with two attached hydrogens (primary N) is 1. The number of hydrogen-bond acceptors (Lipinski definition) is 4. The van der Waals surface area contributed by atoms with Gasteiger partial charge in [-0.1, -0.05) is 25.0 Å². The van der Waals surface area contributed by atoms with Crippen LogP contribution in [-0.2, 0) is 4.79 Å². The molecule has 3 N–H and O–H groups in total. The summed E-state index contributed by atoms with van der Waals surface area (Å²) in [4.78, 5) is 12.1. The average molecular weight is 343 g/mol. The minimum Gasteiger partial charge on any atom is -0.490 e. The van der Waals surface area contributed by atoms with E-state index in [0.717, 1.165) is 19.3 Å². The zero-order chi connectivity index (χ0) is 15.8. The molecule has 130 valence electrons. The second kappa shape index (κ2) is 10.3. The first-order valence-corrected chi connectivity index (χ1v) is 8.08. The third kappa shape index (κ3) is 5.92. The van der Waals surface area contributed by atoms with Crippen LogP contribution < -0.4 is 20.5 Å². The van der Waals surface area contributed by atoms with Crippen molar-refractivity contribution in [1.82, 2.24) is 5.32 Å². The molecule has 1 amide bonds. The van der Waals surface area contributed by atoms with Gasteiger partial charge in [0.1, 0.15) is 0 Å². The molecule has 2 rings (SSSR count). The molecule has 1 aromatic rings. The van der Waals surface area contributed by atoms with Gasteiger partial charge >= 0.3 is 0 Å². The topological polar surface area (TPSA) is 73.6 Å². The normalized spacial score (nSPS) is 20.3. The largest absolute Gasteiger partial charge is 0.490 e. The van der Waals surface area contributed by atoms with Crippen LogP contribution in [0.15, 0.2) is 24.3 Å². The molecule has 0 spiro atoms. The number of hydrogen-bond donors (Lipinski definition) is 2. The van der Waals surface area contributed by atoms with Crippen molar-refractivity contribution in [3.05, 3.63) is 24.3 Å². The Morgan fingerprint density at radius 3 is 2.52 bits per heavy atom. The summed E-state index contributed by atoms with van der Waals surface area (Å²) in [6.45, 7) is 3.10. The average Bonchev–Trinajstić information content (AvgIpc) is 2.55. The molecule has 2 atom stereocenters. The van der Waals surface area contributed by atoms with Crippen molar-refractivity contribution < 1.29 is 14.3 Å². The van der Waals surface area contributed by atoms with Gasteiger partial charge in [-0.3, -0.25) is 4.79 Å². The standard InChI is InChI=1S/C17H26N2O3.ClH/c1-2-21-15-9-5-6-10-16(15)22-12-17(20)19-14-8-4-3-7-13(14)11-18;/h5-6,9-10,13-14H,2-4,7-8,11-12,18H2,1H3,(H,19,20);1H. The Morgan fingerprint density at radius 1 is 1.22 bits per heavy atom. The second-order valence-corrected chi connectivity index (χ2v) is 5.62. The number of ether oxygens (including phenoxy) is 2. The van der Waals surface area contributed by atoms with Gasteiger partial charge in [0, 0.05) is 6.04 Å². The highest BCUT2D eigenvalue weighted by atomic mass is 35.5. The lowest BCUT2D eigenvalue weighted by Gasteiger charge is -2.31. The number of nitrogens with one attached hydrogen (secondary N) is 1. The summed E-state index contributed by atoms with van der Waals surface area (Å²) < 4.78 is 11.1. The van der Waals surface area contributed by atoms with E-state index in [4.69, 9.17) is 15.2 Å². The van der Waals surface area contributed by atoms with E-state index >= 15 is 0 Å². The van der Waals surface area contributed by atoms with Gasteiger partial charge in [-0.25, -0.2) is 0 Å². The summed E-state index contributed by atoms with van der Waals surface area (Å²) in [5, 5.41) is 3.06. The van der Waals surface area contributed by atoms with E-state index in [9.17, 15) is 4.79 Å². The van der Waals surface area contributed by atoms with Crippen molar-refractivity contribution in [2.45, 2.75) is 38.6 Å². The van der Waals surface area contributed by atoms with Crippen LogP contribution >= 0.6 is 12.4 Å². The molecule has 6 heteroatoms. The van der Waals surface area contributed by atoms with Gasteiger partial charge < -0.3 is 20.5 Å². The van der Waals surface area contributed by atoms with Gasteiger partial charge in [0.05, 0.1) is 6.61 Å². The summed E-state index contributed by atoms with van der Waals surface area (Å²) in [5.74, 6) is 1.54. The minimum absolute atomic E-state index is 0. The van der Waals surface area contributed by atoms with Crippen molar-refractivity contribution in [2.75, 3.05) is 19.8 Å². The molecule has 0 heterocycles. The molecule has 0 aliphatic heterocycles. The maximum absolute atomic E-state index is 12.1. The van der Waals surface area contributed by atoms with Crippen LogP contribution in [0.1, 0.15) is 32.6 Å². The fourth-order valence-corrected chi connectivity index (χ4v) is 2.92. The van der Waals surface area contributed by atoms with Gasteiger partial charge in [0.25, 0.3) is 5.91 Å².